The molecule has 0 atom stereocenters. The number of amides is 1. The molecule has 1 rings (SSSR count). The average molecular weight is 241 g/mol. The summed E-state index contributed by atoms with van der Waals surface area (Å²) in [6.45, 7) is 6.50. The van der Waals surface area contributed by atoms with Crippen molar-refractivity contribution in [2.75, 3.05) is 17.3 Å². The predicted molar refractivity (Wildman–Crippen MR) is 76.1 cm³/mol. The fraction of sp³-hybridized carbons (Fsp3) is 0.462. The number of thioether (sulfide) groups is 1. The van der Waals surface area contributed by atoms with E-state index in [1.807, 2.05) is 36.6 Å². The van der Waals surface area contributed by atoms with Crippen molar-refractivity contribution >= 4 is 23.4 Å². The third-order valence-electron chi connectivity index (χ3n) is 1.33. The van der Waals surface area contributed by atoms with Crippen LogP contribution in [-0.2, 0) is 4.79 Å². The highest BCUT2D eigenvalue weighted by Crippen LogP contribution is 2.05. The smallest absolute Gasteiger partial charge is 0.234 e. The van der Waals surface area contributed by atoms with Crippen molar-refractivity contribution in [3.8, 4) is 0 Å². The minimum absolute atomic E-state index is 0. The third-order valence-corrected chi connectivity index (χ3v) is 1.88. The lowest BCUT2D eigenvalue weighted by molar-refractivity contribution is -0.113. The first kappa shape index (κ1) is 15.0. The van der Waals surface area contributed by atoms with Gasteiger partial charge in [-0.25, -0.2) is 0 Å². The van der Waals surface area contributed by atoms with E-state index in [1.54, 1.807) is 0 Å². The van der Waals surface area contributed by atoms with E-state index >= 15 is 0 Å². The van der Waals surface area contributed by atoms with Crippen molar-refractivity contribution < 1.29 is 6.22 Å². The van der Waals surface area contributed by atoms with Crippen LogP contribution in [-0.4, -0.2) is 17.9 Å². The fourth-order valence-electron chi connectivity index (χ4n) is 0.850. The maximum absolute atomic E-state index is 11.1. The van der Waals surface area contributed by atoms with Crippen LogP contribution in [0, 0.1) is 5.92 Å². The van der Waals surface area contributed by atoms with Gasteiger partial charge in [0, 0.05) is 7.11 Å². The van der Waals surface area contributed by atoms with Gasteiger partial charge in [0.05, 0.1) is 5.75 Å². The molecule has 0 unspecified atom stereocenters. The van der Waals surface area contributed by atoms with E-state index in [1.165, 1.54) is 11.8 Å². The topological polar surface area (TPSA) is 29.1 Å². The molecule has 16 heavy (non-hydrogen) atoms. The molecule has 1 amide bonds. The molecule has 3 heteroatoms. The van der Waals surface area contributed by atoms with Crippen LogP contribution in [0.25, 0.3) is 0 Å². The van der Waals surface area contributed by atoms with Crippen LogP contribution < -0.4 is 5.32 Å². The quantitative estimate of drug-likeness (QED) is 0.869. The summed E-state index contributed by atoms with van der Waals surface area (Å²) in [6, 6.07) is 9.46. The Labute approximate surface area is 104 Å². The number of hydrogen-bond donors (Lipinski definition) is 1. The maximum atomic E-state index is 11.1. The Morgan fingerprint density at radius 3 is 2.25 bits per heavy atom. The summed E-state index contributed by atoms with van der Waals surface area (Å²) < 4.78 is 0. The van der Waals surface area contributed by atoms with Gasteiger partial charge in [0.25, 0.3) is 0 Å². The van der Waals surface area contributed by atoms with Crippen LogP contribution in [0.15, 0.2) is 30.3 Å². The number of rotatable bonds is 3. The molecular formula is C13H23NOS. The second-order valence-corrected chi connectivity index (χ2v) is 4.95. The Hall–Kier alpha value is -0.960. The van der Waals surface area contributed by atoms with E-state index < -0.39 is 0 Å². The summed E-state index contributed by atoms with van der Waals surface area (Å²) in [5.74, 6) is 1.39. The van der Waals surface area contributed by atoms with Crippen LogP contribution in [0.4, 0.5) is 5.69 Å². The summed E-state index contributed by atoms with van der Waals surface area (Å²) in [6.07, 6.45) is 1.91. The largest absolute Gasteiger partial charge is 0.325 e. The van der Waals surface area contributed by atoms with Crippen LogP contribution in [0.3, 0.4) is 0 Å². The molecule has 0 aliphatic heterocycles. The molecule has 0 radical (unpaired) electrons. The second kappa shape index (κ2) is 9.28. The number of anilines is 1. The zero-order chi connectivity index (χ0) is 12.4. The zero-order valence-electron chi connectivity index (χ0n) is 10.5. The number of carbonyl (C=O) groups excluding carboxylic acids is 1. The second-order valence-electron chi connectivity index (χ2n) is 4.08. The van der Waals surface area contributed by atoms with Crippen LogP contribution in [0.5, 0.6) is 0 Å². The van der Waals surface area contributed by atoms with Crippen molar-refractivity contribution in [1.29, 1.82) is 0 Å². The van der Waals surface area contributed by atoms with Gasteiger partial charge in [0.15, 0.2) is 0 Å². The molecule has 2 nitrogen and oxygen atoms in total. The van der Waals surface area contributed by atoms with Crippen LogP contribution in [0.2, 0.25) is 0 Å². The van der Waals surface area contributed by atoms with Gasteiger partial charge >= 0.3 is 0 Å². The maximum Gasteiger partial charge on any atom is 0.234 e. The molecular weight excluding hydrogens is 218 g/mol. The molecule has 0 aromatic heterocycles. The van der Waals surface area contributed by atoms with Crippen molar-refractivity contribution in [3.05, 3.63) is 30.3 Å². The number of benzene rings is 1. The summed E-state index contributed by atoms with van der Waals surface area (Å²) in [5.41, 5.74) is 0.858. The third kappa shape index (κ3) is 9.59. The molecule has 1 aromatic carbocycles. The van der Waals surface area contributed by atoms with Gasteiger partial charge in [-0.3, -0.25) is 4.79 Å². The number of nitrogens with one attached hydrogen (secondary N) is 1. The lowest BCUT2D eigenvalue weighted by Gasteiger charge is -2.02. The first-order valence-electron chi connectivity index (χ1n) is 5.40. The standard InChI is InChI=1S/C9H11NOS.C4H10.H2/c1-12-7-9(11)10-8-5-3-2-4-6-8;1-4(2)3;/h2-6H,7H2,1H3,(H,10,11);4H,1-3H3;1H. The van der Waals surface area contributed by atoms with E-state index in [4.69, 9.17) is 0 Å². The minimum Gasteiger partial charge on any atom is -0.325 e. The fourth-order valence-corrected chi connectivity index (χ4v) is 1.18. The molecule has 0 aliphatic carbocycles. The number of para-hydroxylation sites is 1. The highest BCUT2D eigenvalue weighted by atomic mass is 32.2. The summed E-state index contributed by atoms with van der Waals surface area (Å²) in [7, 11) is 0. The molecule has 1 aromatic rings. The Morgan fingerprint density at radius 1 is 1.31 bits per heavy atom. The zero-order valence-corrected chi connectivity index (χ0v) is 11.3. The summed E-state index contributed by atoms with van der Waals surface area (Å²) >= 11 is 1.52. The van der Waals surface area contributed by atoms with Gasteiger partial charge in [-0.15, -0.1) is 0 Å². The Balaban J connectivity index is 0. The molecule has 0 bridgehead atoms. The lowest BCUT2D eigenvalue weighted by atomic mass is 10.3. The lowest BCUT2D eigenvalue weighted by Crippen LogP contribution is -2.13. The van der Waals surface area contributed by atoms with E-state index in [0.29, 0.717) is 5.75 Å². The van der Waals surface area contributed by atoms with Gasteiger partial charge < -0.3 is 5.32 Å². The normalized spacial score (nSPS) is 9.31. The van der Waals surface area contributed by atoms with E-state index in [-0.39, 0.29) is 7.33 Å². The first-order valence-corrected chi connectivity index (χ1v) is 6.79. The Bertz CT molecular complexity index is 288. The minimum atomic E-state index is 0. The monoisotopic (exact) mass is 241 g/mol. The molecule has 0 fully saturated rings. The van der Waals surface area contributed by atoms with Crippen LogP contribution in [0.1, 0.15) is 22.2 Å². The Kier molecular flexibility index (Phi) is 8.72. The van der Waals surface area contributed by atoms with E-state index in [0.717, 1.165) is 11.6 Å². The van der Waals surface area contributed by atoms with Gasteiger partial charge in [0.1, 0.15) is 0 Å². The SMILES string of the molecule is CC(C)C.CSCC(=O)Nc1ccccc1.[HH]. The van der Waals surface area contributed by atoms with Crippen molar-refractivity contribution in [2.24, 2.45) is 5.92 Å². The van der Waals surface area contributed by atoms with Crippen molar-refractivity contribution in [2.45, 2.75) is 20.8 Å². The first-order chi connectivity index (χ1) is 7.56. The van der Waals surface area contributed by atoms with Gasteiger partial charge in [-0.05, 0) is 24.3 Å². The van der Waals surface area contributed by atoms with Crippen molar-refractivity contribution in [1.82, 2.24) is 0 Å². The molecule has 0 spiro atoms. The van der Waals surface area contributed by atoms with E-state index in [9.17, 15) is 4.79 Å². The molecule has 0 aliphatic rings. The Morgan fingerprint density at radius 2 is 1.81 bits per heavy atom. The molecule has 92 valence electrons. The molecule has 0 saturated carbocycles. The number of carbonyl (C=O) groups is 1. The summed E-state index contributed by atoms with van der Waals surface area (Å²) in [4.78, 5) is 11.1. The molecule has 0 saturated heterocycles. The van der Waals surface area contributed by atoms with Crippen LogP contribution >= 0.6 is 11.8 Å². The molecule has 0 heterocycles. The average Bonchev–Trinajstić information content (AvgIpc) is 2.18. The highest BCUT2D eigenvalue weighted by Gasteiger charge is 1.98. The highest BCUT2D eigenvalue weighted by molar-refractivity contribution is 7.99. The van der Waals surface area contributed by atoms with Gasteiger partial charge in [-0.1, -0.05) is 39.0 Å². The van der Waals surface area contributed by atoms with E-state index in [2.05, 4.69) is 26.1 Å². The summed E-state index contributed by atoms with van der Waals surface area (Å²) in [5, 5.41) is 2.78. The number of hydrogen-bond acceptors (Lipinski definition) is 2. The van der Waals surface area contributed by atoms with Gasteiger partial charge in [0.2, 0.25) is 5.91 Å². The predicted octanol–water partition coefficient (Wildman–Crippen LogP) is 3.90. The van der Waals surface area contributed by atoms with Gasteiger partial charge in [-0.2, -0.15) is 11.8 Å². The molecule has 1 N–H and O–H groups in total. The van der Waals surface area contributed by atoms with Crippen molar-refractivity contribution in [3.63, 3.8) is 0 Å².